The molecule has 0 unspecified atom stereocenters. The molecule has 0 spiro atoms. The largest absolute Gasteiger partial charge is 0.313 e. The molecule has 0 heterocycles. The maximum Gasteiger partial charge on any atom is 0.0385 e. The zero-order valence-corrected chi connectivity index (χ0v) is 24.1. The molecule has 0 aromatic rings. The van der Waals surface area contributed by atoms with Crippen molar-refractivity contribution in [3.05, 3.63) is 12.2 Å². The van der Waals surface area contributed by atoms with Gasteiger partial charge in [0.1, 0.15) is 0 Å². The molecule has 0 aromatic heterocycles. The summed E-state index contributed by atoms with van der Waals surface area (Å²) in [5, 5.41) is 7.47. The Morgan fingerprint density at radius 1 is 0.543 bits per heavy atom. The number of hydrogen-bond donors (Lipinski definition) is 1. The molecular formula is C31H62N4. The topological polar surface area (TPSA) is 42.7 Å². The van der Waals surface area contributed by atoms with Crippen molar-refractivity contribution in [2.75, 3.05) is 45.8 Å². The minimum absolute atomic E-state index is 0.850. The van der Waals surface area contributed by atoms with Crippen molar-refractivity contribution in [3.8, 4) is 0 Å². The molecule has 4 heteroatoms. The average molecular weight is 491 g/mol. The van der Waals surface area contributed by atoms with Crippen LogP contribution in [0.15, 0.2) is 17.1 Å². The van der Waals surface area contributed by atoms with Crippen molar-refractivity contribution in [3.63, 3.8) is 0 Å². The molecule has 0 saturated heterocycles. The van der Waals surface area contributed by atoms with Crippen LogP contribution in [0.2, 0.25) is 0 Å². The van der Waals surface area contributed by atoms with Crippen molar-refractivity contribution in [2.24, 2.45) is 4.99 Å². The molecule has 1 N–H and O–H groups in total. The molecule has 0 radical (unpaired) electrons. The Morgan fingerprint density at radius 2 is 1.14 bits per heavy atom. The van der Waals surface area contributed by atoms with Gasteiger partial charge in [0.05, 0.1) is 0 Å². The van der Waals surface area contributed by atoms with Gasteiger partial charge in [-0.1, -0.05) is 104 Å². The minimum atomic E-state index is 0.850. The highest BCUT2D eigenvalue weighted by Crippen LogP contribution is 2.08. The minimum Gasteiger partial charge on any atom is -0.313 e. The highest BCUT2D eigenvalue weighted by Gasteiger charge is 2.08. The van der Waals surface area contributed by atoms with Crippen LogP contribution in [-0.2, 0) is 0 Å². The number of allylic oxidation sites excluding steroid dienone is 1. The summed E-state index contributed by atoms with van der Waals surface area (Å²) in [5.74, 6) is 0. The third kappa shape index (κ3) is 25.9. The van der Waals surface area contributed by atoms with E-state index >= 15 is 0 Å². The standard InChI is InChI=1S/C31H62N4/c1-4-7-10-12-14-16-19-26-34(27-20-17-15-13-11-8-5-2)30-31-35(28-21-23-32)29-22-25-33-24-18-9-6-3/h16,19,23,25,32H,4-15,17-18,20-22,24,26-31H2,1-3H3/b19-16+,32-23?,33-25+. The van der Waals surface area contributed by atoms with E-state index in [0.29, 0.717) is 0 Å². The summed E-state index contributed by atoms with van der Waals surface area (Å²) in [6.45, 7) is 14.4. The summed E-state index contributed by atoms with van der Waals surface area (Å²) in [7, 11) is 0. The van der Waals surface area contributed by atoms with E-state index in [9.17, 15) is 0 Å². The molecule has 0 amide bonds. The fourth-order valence-corrected chi connectivity index (χ4v) is 4.36. The van der Waals surface area contributed by atoms with E-state index in [2.05, 4.69) is 53.9 Å². The van der Waals surface area contributed by atoms with Crippen LogP contribution < -0.4 is 0 Å². The van der Waals surface area contributed by atoms with Crippen LogP contribution in [0.4, 0.5) is 0 Å². The third-order valence-corrected chi connectivity index (χ3v) is 6.75. The zero-order chi connectivity index (χ0) is 25.7. The number of nitrogens with one attached hydrogen (secondary N) is 1. The first-order valence-corrected chi connectivity index (χ1v) is 15.3. The van der Waals surface area contributed by atoms with E-state index in [4.69, 9.17) is 5.41 Å². The first kappa shape index (κ1) is 34.0. The van der Waals surface area contributed by atoms with Crippen LogP contribution in [-0.4, -0.2) is 68.0 Å². The summed E-state index contributed by atoms with van der Waals surface area (Å²) in [6.07, 6.45) is 30.4. The van der Waals surface area contributed by atoms with Gasteiger partial charge in [0.25, 0.3) is 0 Å². The lowest BCUT2D eigenvalue weighted by atomic mass is 10.1. The van der Waals surface area contributed by atoms with Gasteiger partial charge >= 0.3 is 0 Å². The molecule has 206 valence electrons. The number of rotatable bonds is 28. The Labute approximate surface area is 220 Å². The van der Waals surface area contributed by atoms with Gasteiger partial charge in [-0.25, -0.2) is 0 Å². The molecular weight excluding hydrogens is 428 g/mol. The van der Waals surface area contributed by atoms with Gasteiger partial charge in [-0.2, -0.15) is 0 Å². The molecule has 0 bridgehead atoms. The lowest BCUT2D eigenvalue weighted by molar-refractivity contribution is 0.218. The van der Waals surface area contributed by atoms with Crippen LogP contribution >= 0.6 is 0 Å². The second-order valence-electron chi connectivity index (χ2n) is 10.2. The first-order valence-electron chi connectivity index (χ1n) is 15.3. The third-order valence-electron chi connectivity index (χ3n) is 6.75. The normalized spacial score (nSPS) is 12.1. The second-order valence-corrected chi connectivity index (χ2v) is 10.2. The molecule has 0 aliphatic heterocycles. The SMILES string of the molecule is CCCCCC/C=C/CN(CCCCCCCCC)CCN(CCC=N)CC/C=N/CCCCC. The van der Waals surface area contributed by atoms with Gasteiger partial charge in [-0.15, -0.1) is 0 Å². The van der Waals surface area contributed by atoms with Crippen LogP contribution in [0.1, 0.15) is 130 Å². The van der Waals surface area contributed by atoms with Crippen molar-refractivity contribution in [1.82, 2.24) is 9.80 Å². The molecule has 0 aromatic carbocycles. The summed E-state index contributed by atoms with van der Waals surface area (Å²) in [5.41, 5.74) is 0. The summed E-state index contributed by atoms with van der Waals surface area (Å²) < 4.78 is 0. The van der Waals surface area contributed by atoms with E-state index in [1.54, 1.807) is 6.21 Å². The monoisotopic (exact) mass is 490 g/mol. The first-order chi connectivity index (χ1) is 17.3. The molecule has 4 nitrogen and oxygen atoms in total. The Kier molecular flexibility index (Phi) is 28.4. The second kappa shape index (κ2) is 29.2. The lowest BCUT2D eigenvalue weighted by Crippen LogP contribution is -2.37. The van der Waals surface area contributed by atoms with Gasteiger partial charge < -0.3 is 10.3 Å². The fourth-order valence-electron chi connectivity index (χ4n) is 4.36. The molecule has 0 saturated carbocycles. The van der Waals surface area contributed by atoms with Crippen LogP contribution in [0.25, 0.3) is 0 Å². The van der Waals surface area contributed by atoms with Gasteiger partial charge in [-0.3, -0.25) is 9.89 Å². The summed E-state index contributed by atoms with van der Waals surface area (Å²) in [4.78, 5) is 9.79. The van der Waals surface area contributed by atoms with E-state index < -0.39 is 0 Å². The maximum absolute atomic E-state index is 7.47. The van der Waals surface area contributed by atoms with Crippen molar-refractivity contribution in [1.29, 1.82) is 5.41 Å². The molecule has 0 aliphatic carbocycles. The molecule has 35 heavy (non-hydrogen) atoms. The number of nitrogens with zero attached hydrogens (tertiary/aromatic N) is 3. The Morgan fingerprint density at radius 3 is 1.86 bits per heavy atom. The number of unbranched alkanes of at least 4 members (excludes halogenated alkanes) is 12. The van der Waals surface area contributed by atoms with E-state index in [1.807, 2.05) is 0 Å². The highest BCUT2D eigenvalue weighted by molar-refractivity contribution is 5.57. The zero-order valence-electron chi connectivity index (χ0n) is 24.1. The van der Waals surface area contributed by atoms with Gasteiger partial charge in [-0.05, 0) is 57.5 Å². The lowest BCUT2D eigenvalue weighted by Gasteiger charge is -2.26. The highest BCUT2D eigenvalue weighted by atomic mass is 15.2. The van der Waals surface area contributed by atoms with Crippen LogP contribution in [0.3, 0.4) is 0 Å². The van der Waals surface area contributed by atoms with Crippen LogP contribution in [0, 0.1) is 5.41 Å². The van der Waals surface area contributed by atoms with E-state index in [0.717, 1.165) is 52.1 Å². The molecule has 0 aliphatic rings. The molecule has 0 fully saturated rings. The maximum atomic E-state index is 7.47. The van der Waals surface area contributed by atoms with E-state index in [-0.39, 0.29) is 0 Å². The molecule has 0 atom stereocenters. The predicted octanol–water partition coefficient (Wildman–Crippen LogP) is 8.56. The summed E-state index contributed by atoms with van der Waals surface area (Å²) in [6, 6.07) is 0. The van der Waals surface area contributed by atoms with Gasteiger partial charge in [0.2, 0.25) is 0 Å². The van der Waals surface area contributed by atoms with Gasteiger partial charge in [0, 0.05) is 39.3 Å². The summed E-state index contributed by atoms with van der Waals surface area (Å²) >= 11 is 0. The van der Waals surface area contributed by atoms with Gasteiger partial charge in [0.15, 0.2) is 0 Å². The van der Waals surface area contributed by atoms with E-state index in [1.165, 1.54) is 103 Å². The van der Waals surface area contributed by atoms with Crippen molar-refractivity contribution in [2.45, 2.75) is 130 Å². The quantitative estimate of drug-likeness (QED) is 0.0678. The fraction of sp³-hybridized carbons (Fsp3) is 0.871. The predicted molar refractivity (Wildman–Crippen MR) is 160 cm³/mol. The smallest absolute Gasteiger partial charge is 0.0385 e. The Hall–Kier alpha value is -1.00. The molecule has 0 rings (SSSR count). The number of aliphatic imine (C=N–C) groups is 1. The Bertz CT molecular complexity index is 475. The van der Waals surface area contributed by atoms with Crippen molar-refractivity contribution < 1.29 is 0 Å². The number of hydrogen-bond acceptors (Lipinski definition) is 4. The Balaban J connectivity index is 4.50. The van der Waals surface area contributed by atoms with Crippen LogP contribution in [0.5, 0.6) is 0 Å². The van der Waals surface area contributed by atoms with Crippen molar-refractivity contribution >= 4 is 12.4 Å². The average Bonchev–Trinajstić information content (AvgIpc) is 2.87.